The molecule has 0 saturated carbocycles. The third-order valence-corrected chi connectivity index (χ3v) is 7.93. The van der Waals surface area contributed by atoms with Crippen LogP contribution in [0.5, 0.6) is 5.75 Å². The summed E-state index contributed by atoms with van der Waals surface area (Å²) < 4.78 is 7.73. The highest BCUT2D eigenvalue weighted by Crippen LogP contribution is 2.19. The van der Waals surface area contributed by atoms with Crippen molar-refractivity contribution in [1.82, 2.24) is 36.3 Å². The van der Waals surface area contributed by atoms with Crippen LogP contribution in [0.4, 0.5) is 0 Å². The highest BCUT2D eigenvalue weighted by Gasteiger charge is 2.31. The Morgan fingerprint density at radius 1 is 0.932 bits per heavy atom. The lowest BCUT2D eigenvalue weighted by atomic mass is 10.00. The van der Waals surface area contributed by atoms with Crippen LogP contribution >= 0.6 is 0 Å². The number of amides is 3. The third kappa shape index (κ3) is 8.89. The fraction of sp³-hybridized carbons (Fsp3) is 0.485. The van der Waals surface area contributed by atoms with Crippen molar-refractivity contribution >= 4 is 17.7 Å². The smallest absolute Gasteiger partial charge is 0.244 e. The average molecular weight is 604 g/mol. The lowest BCUT2D eigenvalue weighted by Gasteiger charge is -2.28. The van der Waals surface area contributed by atoms with Gasteiger partial charge in [0, 0.05) is 13.1 Å². The van der Waals surface area contributed by atoms with Crippen LogP contribution in [0.25, 0.3) is 0 Å². The molecule has 0 spiro atoms. The molecule has 1 aliphatic rings. The first-order valence-corrected chi connectivity index (χ1v) is 15.4. The second kappa shape index (κ2) is 15.5. The van der Waals surface area contributed by atoms with Crippen molar-refractivity contribution < 1.29 is 19.1 Å². The van der Waals surface area contributed by atoms with Crippen molar-refractivity contribution in [3.8, 4) is 5.75 Å². The number of aryl methyl sites for hydroxylation is 3. The van der Waals surface area contributed by atoms with E-state index in [4.69, 9.17) is 4.74 Å². The molecule has 2 aromatic carbocycles. The molecule has 0 aliphatic carbocycles. The van der Waals surface area contributed by atoms with E-state index in [9.17, 15) is 14.4 Å². The minimum Gasteiger partial charge on any atom is -0.492 e. The Morgan fingerprint density at radius 3 is 2.45 bits per heavy atom. The largest absolute Gasteiger partial charge is 0.492 e. The van der Waals surface area contributed by atoms with E-state index in [0.717, 1.165) is 33.8 Å². The quantitative estimate of drug-likeness (QED) is 0.351. The molecule has 44 heavy (non-hydrogen) atoms. The van der Waals surface area contributed by atoms with Gasteiger partial charge in [0.15, 0.2) is 0 Å². The predicted octanol–water partition coefficient (Wildman–Crippen LogP) is 2.17. The number of para-hydroxylation sites is 1. The molecule has 3 atom stereocenters. The molecule has 0 fully saturated rings. The van der Waals surface area contributed by atoms with Gasteiger partial charge in [0.2, 0.25) is 17.7 Å². The van der Waals surface area contributed by atoms with E-state index in [-0.39, 0.29) is 24.3 Å². The topological polar surface area (TPSA) is 139 Å². The van der Waals surface area contributed by atoms with Crippen LogP contribution in [-0.4, -0.2) is 70.5 Å². The normalized spacial score (nSPS) is 20.9. The van der Waals surface area contributed by atoms with Crippen molar-refractivity contribution in [2.45, 2.75) is 78.6 Å². The highest BCUT2D eigenvalue weighted by atomic mass is 16.5. The number of rotatable bonds is 5. The second-order valence-electron chi connectivity index (χ2n) is 11.8. The summed E-state index contributed by atoms with van der Waals surface area (Å²) in [6.07, 6.45) is 1.83. The summed E-state index contributed by atoms with van der Waals surface area (Å²) in [5, 5.41) is 20.5. The van der Waals surface area contributed by atoms with Gasteiger partial charge in [0.05, 0.1) is 24.0 Å². The number of fused-ring (bicyclic) bond motifs is 1. The zero-order chi connectivity index (χ0) is 31.6. The average Bonchev–Trinajstić information content (AvgIpc) is 3.31. The molecule has 3 aromatic rings. The van der Waals surface area contributed by atoms with Crippen molar-refractivity contribution in [3.05, 3.63) is 76.6 Å². The molecule has 0 saturated heterocycles. The van der Waals surface area contributed by atoms with Crippen LogP contribution in [0.3, 0.4) is 0 Å². The molecule has 0 bridgehead atoms. The Kier molecular flexibility index (Phi) is 11.5. The van der Waals surface area contributed by atoms with Crippen LogP contribution in [-0.2, 0) is 33.8 Å². The maximum Gasteiger partial charge on any atom is 0.244 e. The number of hydrogen-bond donors (Lipinski definition) is 4. The molecule has 2 heterocycles. The Bertz CT molecular complexity index is 1440. The molecule has 11 nitrogen and oxygen atoms in total. The van der Waals surface area contributed by atoms with E-state index in [2.05, 4.69) is 37.6 Å². The van der Waals surface area contributed by atoms with Gasteiger partial charge < -0.3 is 26.0 Å². The number of nitrogens with one attached hydrogen (secondary N) is 4. The summed E-state index contributed by atoms with van der Waals surface area (Å²) in [5.74, 6) is -0.516. The van der Waals surface area contributed by atoms with Gasteiger partial charge in [-0.3, -0.25) is 14.4 Å². The van der Waals surface area contributed by atoms with Gasteiger partial charge in [-0.05, 0) is 63.1 Å². The number of nitrogens with zero attached hydrogens (tertiary/aromatic N) is 3. The van der Waals surface area contributed by atoms with Crippen molar-refractivity contribution in [2.75, 3.05) is 19.7 Å². The number of carbonyl (C=O) groups excluding carboxylic acids is 3. The molecular formula is C33H45N7O4. The summed E-state index contributed by atoms with van der Waals surface area (Å²) in [4.78, 5) is 40.9. The molecule has 11 heteroatoms. The first kappa shape index (κ1) is 32.7. The van der Waals surface area contributed by atoms with Crippen LogP contribution in [0.15, 0.2) is 48.5 Å². The standard InChI is InChI=1S/C33H45N7O4/c1-21(2)30-33(43)36-28(20-40-24(5)23(4)38-39-40)31(41)35-15-9-13-26-12-6-7-14-29(26)44-17-16-34-27(32(42)37-30)19-25-11-8-10-22(3)18-25/h6-8,10-12,14,18,21,27-28,30,34H,9,13,15-17,19-20H2,1-5H3,(H,35,41)(H,36,43)(H,37,42)/t27-,28+,30-/m1/s1. The van der Waals surface area contributed by atoms with E-state index in [1.165, 1.54) is 0 Å². The summed E-state index contributed by atoms with van der Waals surface area (Å²) >= 11 is 0. The molecule has 1 aliphatic heterocycles. The fourth-order valence-corrected chi connectivity index (χ4v) is 5.23. The number of aromatic nitrogens is 3. The first-order valence-electron chi connectivity index (χ1n) is 15.4. The van der Waals surface area contributed by atoms with Crippen LogP contribution in [0.1, 0.15) is 48.3 Å². The van der Waals surface area contributed by atoms with Crippen molar-refractivity contribution in [3.63, 3.8) is 0 Å². The minimum atomic E-state index is -0.920. The molecule has 4 rings (SSSR count). The van der Waals surface area contributed by atoms with Gasteiger partial charge in [-0.2, -0.15) is 0 Å². The molecule has 0 unspecified atom stereocenters. The Morgan fingerprint density at radius 2 is 1.73 bits per heavy atom. The van der Waals surface area contributed by atoms with E-state index >= 15 is 0 Å². The molecule has 1 aromatic heterocycles. The number of hydrogen-bond acceptors (Lipinski definition) is 7. The van der Waals surface area contributed by atoms with Crippen LogP contribution in [0.2, 0.25) is 0 Å². The van der Waals surface area contributed by atoms with Crippen LogP contribution < -0.4 is 26.0 Å². The minimum absolute atomic E-state index is 0.108. The van der Waals surface area contributed by atoms with E-state index in [1.54, 1.807) is 4.68 Å². The zero-order valence-corrected chi connectivity index (χ0v) is 26.4. The number of benzene rings is 2. The van der Waals surface area contributed by atoms with Gasteiger partial charge in [0.25, 0.3) is 0 Å². The van der Waals surface area contributed by atoms with Gasteiger partial charge in [-0.25, -0.2) is 4.68 Å². The Balaban J connectivity index is 1.61. The lowest BCUT2D eigenvalue weighted by Crippen LogP contribution is -2.59. The summed E-state index contributed by atoms with van der Waals surface area (Å²) in [5.41, 5.74) is 4.70. The fourth-order valence-electron chi connectivity index (χ4n) is 5.23. The highest BCUT2D eigenvalue weighted by molar-refractivity contribution is 5.93. The Labute approximate surface area is 259 Å². The molecular weight excluding hydrogens is 558 g/mol. The molecule has 236 valence electrons. The van der Waals surface area contributed by atoms with Gasteiger partial charge in [0.1, 0.15) is 24.4 Å². The van der Waals surface area contributed by atoms with Gasteiger partial charge in [-0.15, -0.1) is 5.10 Å². The first-order chi connectivity index (χ1) is 21.1. The van der Waals surface area contributed by atoms with Crippen molar-refractivity contribution in [2.24, 2.45) is 5.92 Å². The lowest BCUT2D eigenvalue weighted by molar-refractivity contribution is -0.133. The predicted molar refractivity (Wildman–Crippen MR) is 168 cm³/mol. The molecule has 0 radical (unpaired) electrons. The van der Waals surface area contributed by atoms with Crippen LogP contribution in [0, 0.1) is 26.7 Å². The summed E-state index contributed by atoms with van der Waals surface area (Å²) in [6.45, 7) is 10.8. The molecule has 3 amide bonds. The van der Waals surface area contributed by atoms with Crippen molar-refractivity contribution in [1.29, 1.82) is 0 Å². The second-order valence-corrected chi connectivity index (χ2v) is 11.8. The summed E-state index contributed by atoms with van der Waals surface area (Å²) in [7, 11) is 0. The van der Waals surface area contributed by atoms with E-state index in [1.807, 2.05) is 77.1 Å². The summed E-state index contributed by atoms with van der Waals surface area (Å²) in [6, 6.07) is 13.5. The van der Waals surface area contributed by atoms with Gasteiger partial charge in [-0.1, -0.05) is 67.1 Å². The Hall–Kier alpha value is -4.25. The number of ether oxygens (including phenoxy) is 1. The SMILES string of the molecule is Cc1cccc(C[C@H]2NCCOc3ccccc3CCCNC(=O)[C@H](Cn3nnc(C)c3C)NC(=O)[C@@H](C(C)C)NC2=O)c1. The maximum atomic E-state index is 13.7. The maximum absolute atomic E-state index is 13.7. The number of carbonyl (C=O) groups is 3. The van der Waals surface area contributed by atoms with E-state index < -0.39 is 24.0 Å². The van der Waals surface area contributed by atoms with E-state index in [0.29, 0.717) is 39.0 Å². The monoisotopic (exact) mass is 603 g/mol. The third-order valence-electron chi connectivity index (χ3n) is 7.93. The van der Waals surface area contributed by atoms with Gasteiger partial charge >= 0.3 is 0 Å². The molecule has 4 N–H and O–H groups in total. The zero-order valence-electron chi connectivity index (χ0n) is 26.4.